The van der Waals surface area contributed by atoms with Crippen LogP contribution in [0.5, 0.6) is 0 Å². The van der Waals surface area contributed by atoms with Crippen molar-refractivity contribution in [2.45, 2.75) is 6.42 Å². The van der Waals surface area contributed by atoms with Crippen molar-refractivity contribution in [2.24, 2.45) is 5.92 Å². The van der Waals surface area contributed by atoms with Crippen molar-refractivity contribution in [1.82, 2.24) is 5.32 Å². The van der Waals surface area contributed by atoms with Crippen molar-refractivity contribution >= 4 is 29.1 Å². The average molecular weight is 257 g/mol. The Hall–Kier alpha value is -1.62. The molecule has 1 aliphatic heterocycles. The first kappa shape index (κ1) is 11.9. The number of benzene rings is 1. The van der Waals surface area contributed by atoms with Gasteiger partial charge >= 0.3 is 0 Å². The van der Waals surface area contributed by atoms with E-state index in [1.165, 1.54) is 12.1 Å². The summed E-state index contributed by atoms with van der Waals surface area (Å²) in [4.78, 5) is 22.6. The highest BCUT2D eigenvalue weighted by atomic mass is 35.5. The summed E-state index contributed by atoms with van der Waals surface area (Å²) in [5, 5.41) is 5.11. The molecule has 1 unspecified atom stereocenters. The van der Waals surface area contributed by atoms with E-state index in [0.29, 0.717) is 12.2 Å². The molecule has 0 aliphatic carbocycles. The summed E-state index contributed by atoms with van der Waals surface area (Å²) in [5.74, 6) is -1.44. The van der Waals surface area contributed by atoms with Crippen LogP contribution in [0, 0.1) is 11.7 Å². The molecular weight excluding hydrogens is 247 g/mol. The Bertz CT molecular complexity index is 479. The summed E-state index contributed by atoms with van der Waals surface area (Å²) in [5.41, 5.74) is 0.330. The summed E-state index contributed by atoms with van der Waals surface area (Å²) in [6, 6.07) is 4.02. The minimum absolute atomic E-state index is 0.000657. The van der Waals surface area contributed by atoms with Gasteiger partial charge in [0.15, 0.2) is 0 Å². The molecule has 0 saturated carbocycles. The summed E-state index contributed by atoms with van der Waals surface area (Å²) in [7, 11) is 0. The number of halogens is 2. The van der Waals surface area contributed by atoms with Gasteiger partial charge < -0.3 is 10.6 Å². The second-order valence-corrected chi connectivity index (χ2v) is 4.23. The van der Waals surface area contributed by atoms with Crippen LogP contribution in [0.15, 0.2) is 18.2 Å². The predicted molar refractivity (Wildman–Crippen MR) is 61.2 cm³/mol. The number of carbonyl (C=O) groups excluding carboxylic acids is 2. The summed E-state index contributed by atoms with van der Waals surface area (Å²) in [6.45, 7) is 0.320. The van der Waals surface area contributed by atoms with Crippen molar-refractivity contribution < 1.29 is 14.0 Å². The van der Waals surface area contributed by atoms with Crippen LogP contribution in [0.2, 0.25) is 5.02 Å². The van der Waals surface area contributed by atoms with Crippen molar-refractivity contribution in [1.29, 1.82) is 0 Å². The fourth-order valence-electron chi connectivity index (χ4n) is 1.61. The molecule has 4 nitrogen and oxygen atoms in total. The normalized spacial score (nSPS) is 18.9. The topological polar surface area (TPSA) is 58.2 Å². The Morgan fingerprint density at radius 2 is 2.29 bits per heavy atom. The maximum absolute atomic E-state index is 13.1. The zero-order chi connectivity index (χ0) is 12.4. The van der Waals surface area contributed by atoms with E-state index in [-0.39, 0.29) is 23.3 Å². The Morgan fingerprint density at radius 3 is 2.88 bits per heavy atom. The quantitative estimate of drug-likeness (QED) is 0.844. The van der Waals surface area contributed by atoms with E-state index >= 15 is 0 Å². The number of hydrogen-bond acceptors (Lipinski definition) is 2. The standard InChI is InChI=1S/C11H10ClFN2O2/c12-8-2-1-7(4-9(8)13)15-11(17)6-3-10(16)14-5-6/h1-2,4,6H,3,5H2,(H,14,16)(H,15,17). The molecule has 1 aliphatic rings. The Labute approximate surface area is 102 Å². The van der Waals surface area contributed by atoms with Crippen LogP contribution in [0.4, 0.5) is 10.1 Å². The minimum atomic E-state index is -0.593. The minimum Gasteiger partial charge on any atom is -0.355 e. The zero-order valence-electron chi connectivity index (χ0n) is 8.80. The highest BCUT2D eigenvalue weighted by molar-refractivity contribution is 6.30. The molecule has 2 amide bonds. The van der Waals surface area contributed by atoms with Gasteiger partial charge in [0.05, 0.1) is 10.9 Å². The first-order valence-corrected chi connectivity index (χ1v) is 5.46. The lowest BCUT2D eigenvalue weighted by Gasteiger charge is -2.09. The number of carbonyl (C=O) groups is 2. The molecule has 2 N–H and O–H groups in total. The van der Waals surface area contributed by atoms with Gasteiger partial charge in [0.25, 0.3) is 0 Å². The average Bonchev–Trinajstić information content (AvgIpc) is 2.70. The second-order valence-electron chi connectivity index (χ2n) is 3.82. The van der Waals surface area contributed by atoms with Crippen LogP contribution in [0.25, 0.3) is 0 Å². The monoisotopic (exact) mass is 256 g/mol. The van der Waals surface area contributed by atoms with E-state index in [1.807, 2.05) is 0 Å². The molecule has 2 rings (SSSR count). The molecule has 1 aromatic carbocycles. The third-order valence-corrected chi connectivity index (χ3v) is 2.84. The first-order chi connectivity index (χ1) is 8.06. The summed E-state index contributed by atoms with van der Waals surface area (Å²) in [6.07, 6.45) is 0.169. The molecule has 0 aromatic heterocycles. The molecule has 17 heavy (non-hydrogen) atoms. The van der Waals surface area contributed by atoms with Gasteiger partial charge in [-0.25, -0.2) is 4.39 Å². The van der Waals surface area contributed by atoms with Gasteiger partial charge in [-0.1, -0.05) is 11.6 Å². The lowest BCUT2D eigenvalue weighted by atomic mass is 10.1. The number of nitrogens with one attached hydrogen (secondary N) is 2. The van der Waals surface area contributed by atoms with Crippen LogP contribution < -0.4 is 10.6 Å². The largest absolute Gasteiger partial charge is 0.355 e. The van der Waals surface area contributed by atoms with Crippen molar-refractivity contribution in [3.8, 4) is 0 Å². The van der Waals surface area contributed by atoms with Crippen molar-refractivity contribution in [3.05, 3.63) is 29.0 Å². The molecular formula is C11H10ClFN2O2. The maximum Gasteiger partial charge on any atom is 0.229 e. The van der Waals surface area contributed by atoms with Gasteiger partial charge in [0.1, 0.15) is 5.82 Å². The Balaban J connectivity index is 2.03. The van der Waals surface area contributed by atoms with Gasteiger partial charge in [0.2, 0.25) is 11.8 Å². The molecule has 1 saturated heterocycles. The summed E-state index contributed by atoms with van der Waals surface area (Å²) < 4.78 is 13.1. The van der Waals surface area contributed by atoms with Gasteiger partial charge in [-0.15, -0.1) is 0 Å². The molecule has 1 heterocycles. The molecule has 6 heteroatoms. The smallest absolute Gasteiger partial charge is 0.229 e. The molecule has 90 valence electrons. The van der Waals surface area contributed by atoms with E-state index in [1.54, 1.807) is 0 Å². The number of anilines is 1. The number of amides is 2. The van der Waals surface area contributed by atoms with Crippen LogP contribution in [-0.2, 0) is 9.59 Å². The molecule has 1 atom stereocenters. The van der Waals surface area contributed by atoms with Crippen LogP contribution in [0.1, 0.15) is 6.42 Å². The molecule has 0 radical (unpaired) electrons. The fraction of sp³-hybridized carbons (Fsp3) is 0.273. The Kier molecular flexibility index (Phi) is 3.28. The Morgan fingerprint density at radius 1 is 1.53 bits per heavy atom. The fourth-order valence-corrected chi connectivity index (χ4v) is 1.73. The van der Waals surface area contributed by atoms with Gasteiger partial charge in [0, 0.05) is 18.7 Å². The number of rotatable bonds is 2. The second kappa shape index (κ2) is 4.71. The van der Waals surface area contributed by atoms with Crippen molar-refractivity contribution in [3.63, 3.8) is 0 Å². The highest BCUT2D eigenvalue weighted by Gasteiger charge is 2.27. The van der Waals surface area contributed by atoms with E-state index in [9.17, 15) is 14.0 Å². The lowest BCUT2D eigenvalue weighted by molar-refractivity contribution is -0.123. The molecule has 0 spiro atoms. The lowest BCUT2D eigenvalue weighted by Crippen LogP contribution is -2.24. The van der Waals surface area contributed by atoms with Gasteiger partial charge in [-0.05, 0) is 18.2 Å². The predicted octanol–water partition coefficient (Wildman–Crippen LogP) is 1.55. The highest BCUT2D eigenvalue weighted by Crippen LogP contribution is 2.20. The van der Waals surface area contributed by atoms with Crippen LogP contribution >= 0.6 is 11.6 Å². The molecule has 0 bridgehead atoms. The molecule has 1 aromatic rings. The van der Waals surface area contributed by atoms with E-state index in [4.69, 9.17) is 11.6 Å². The van der Waals surface area contributed by atoms with Crippen LogP contribution in [-0.4, -0.2) is 18.4 Å². The number of hydrogen-bond donors (Lipinski definition) is 2. The third-order valence-electron chi connectivity index (χ3n) is 2.54. The van der Waals surface area contributed by atoms with Gasteiger partial charge in [-0.3, -0.25) is 9.59 Å². The first-order valence-electron chi connectivity index (χ1n) is 5.09. The van der Waals surface area contributed by atoms with E-state index < -0.39 is 11.7 Å². The van der Waals surface area contributed by atoms with Crippen molar-refractivity contribution in [2.75, 3.05) is 11.9 Å². The molecule has 1 fully saturated rings. The van der Waals surface area contributed by atoms with E-state index in [2.05, 4.69) is 10.6 Å². The third kappa shape index (κ3) is 2.74. The van der Waals surface area contributed by atoms with Crippen LogP contribution in [0.3, 0.4) is 0 Å². The maximum atomic E-state index is 13.1. The zero-order valence-corrected chi connectivity index (χ0v) is 9.55. The SMILES string of the molecule is O=C1CC(C(=O)Nc2ccc(Cl)c(F)c2)CN1. The van der Waals surface area contributed by atoms with Gasteiger partial charge in [-0.2, -0.15) is 0 Å². The summed E-state index contributed by atoms with van der Waals surface area (Å²) >= 11 is 5.52. The van der Waals surface area contributed by atoms with E-state index in [0.717, 1.165) is 6.07 Å².